The molecule has 0 radical (unpaired) electrons. The molecule has 0 atom stereocenters. The predicted molar refractivity (Wildman–Crippen MR) is 71.2 cm³/mol. The van der Waals surface area contributed by atoms with Gasteiger partial charge in [-0.1, -0.05) is 32.6 Å². The van der Waals surface area contributed by atoms with E-state index in [0.29, 0.717) is 24.4 Å². The Morgan fingerprint density at radius 2 is 2.11 bits per heavy atom. The summed E-state index contributed by atoms with van der Waals surface area (Å²) in [6.07, 6.45) is 7.31. The van der Waals surface area contributed by atoms with E-state index in [1.165, 1.54) is 19.3 Å². The van der Waals surface area contributed by atoms with Gasteiger partial charge in [0.15, 0.2) is 0 Å². The van der Waals surface area contributed by atoms with Crippen LogP contribution >= 0.6 is 0 Å². The molecule has 0 aliphatic rings. The van der Waals surface area contributed by atoms with Crippen LogP contribution in [0.5, 0.6) is 0 Å². The summed E-state index contributed by atoms with van der Waals surface area (Å²) < 4.78 is 5.20. The average Bonchev–Trinajstić information content (AvgIpc) is 2.42. The van der Waals surface area contributed by atoms with Crippen molar-refractivity contribution in [3.63, 3.8) is 0 Å². The summed E-state index contributed by atoms with van der Waals surface area (Å²) in [7, 11) is 0. The van der Waals surface area contributed by atoms with Crippen LogP contribution in [0.1, 0.15) is 55.1 Å². The van der Waals surface area contributed by atoms with E-state index in [-0.39, 0.29) is 5.97 Å². The summed E-state index contributed by atoms with van der Waals surface area (Å²) in [4.78, 5) is 15.7. The maximum atomic E-state index is 11.7. The van der Waals surface area contributed by atoms with E-state index in [1.54, 1.807) is 18.3 Å². The van der Waals surface area contributed by atoms with Gasteiger partial charge in [0.2, 0.25) is 0 Å². The summed E-state index contributed by atoms with van der Waals surface area (Å²) in [5, 5.41) is 0. The first kappa shape index (κ1) is 14.6. The number of carbonyl (C=O) groups is 1. The summed E-state index contributed by atoms with van der Waals surface area (Å²) in [5.74, 6) is -0.289. The molecule has 0 aliphatic carbocycles. The Morgan fingerprint density at radius 1 is 1.33 bits per heavy atom. The topological polar surface area (TPSA) is 65.2 Å². The van der Waals surface area contributed by atoms with Crippen molar-refractivity contribution in [3.05, 3.63) is 29.6 Å². The van der Waals surface area contributed by atoms with Crippen LogP contribution in [0.15, 0.2) is 18.3 Å². The Morgan fingerprint density at radius 3 is 2.83 bits per heavy atom. The van der Waals surface area contributed by atoms with Gasteiger partial charge in [0.05, 0.1) is 17.9 Å². The van der Waals surface area contributed by atoms with Gasteiger partial charge < -0.3 is 10.5 Å². The number of hydrogen-bond donors (Lipinski definition) is 1. The first-order valence-electron chi connectivity index (χ1n) is 6.60. The number of hydrogen-bond acceptors (Lipinski definition) is 4. The molecule has 0 aromatic carbocycles. The van der Waals surface area contributed by atoms with Gasteiger partial charge in [-0.2, -0.15) is 0 Å². The van der Waals surface area contributed by atoms with Gasteiger partial charge in [0.1, 0.15) is 0 Å². The highest BCUT2D eigenvalue weighted by atomic mass is 16.5. The van der Waals surface area contributed by atoms with Crippen LogP contribution in [-0.4, -0.2) is 17.6 Å². The molecule has 1 aromatic rings. The van der Waals surface area contributed by atoms with Crippen LogP contribution in [-0.2, 0) is 11.3 Å². The van der Waals surface area contributed by atoms with Crippen LogP contribution in [0.4, 0.5) is 0 Å². The largest absolute Gasteiger partial charge is 0.462 e. The van der Waals surface area contributed by atoms with Crippen molar-refractivity contribution in [2.75, 3.05) is 6.61 Å². The molecular weight excluding hydrogens is 228 g/mol. The van der Waals surface area contributed by atoms with Gasteiger partial charge in [-0.25, -0.2) is 4.79 Å². The lowest BCUT2D eigenvalue weighted by atomic mass is 10.2. The van der Waals surface area contributed by atoms with E-state index in [1.807, 2.05) is 0 Å². The second kappa shape index (κ2) is 8.64. The van der Waals surface area contributed by atoms with E-state index in [9.17, 15) is 4.79 Å². The van der Waals surface area contributed by atoms with Gasteiger partial charge in [0, 0.05) is 12.7 Å². The molecule has 4 heteroatoms. The minimum atomic E-state index is -0.289. The minimum Gasteiger partial charge on any atom is -0.462 e. The monoisotopic (exact) mass is 250 g/mol. The third-order valence-corrected chi connectivity index (χ3v) is 2.74. The summed E-state index contributed by atoms with van der Waals surface area (Å²) in [5.41, 5.74) is 6.70. The molecule has 18 heavy (non-hydrogen) atoms. The zero-order chi connectivity index (χ0) is 13.2. The number of unbranched alkanes of at least 4 members (excludes halogenated alkanes) is 4. The van der Waals surface area contributed by atoms with E-state index < -0.39 is 0 Å². The Balaban J connectivity index is 2.27. The Labute approximate surface area is 109 Å². The third kappa shape index (κ3) is 5.27. The van der Waals surface area contributed by atoms with Crippen LogP contribution in [0.3, 0.4) is 0 Å². The SMILES string of the molecule is CCCCCCCOC(=O)c1ccnc(CN)c1. The molecule has 100 valence electrons. The zero-order valence-corrected chi connectivity index (χ0v) is 11.0. The standard InChI is InChI=1S/C14H22N2O2/c1-2-3-4-5-6-9-18-14(17)12-7-8-16-13(10-12)11-15/h7-8,10H,2-6,9,11,15H2,1H3. The fraction of sp³-hybridized carbons (Fsp3) is 0.571. The number of pyridine rings is 1. The van der Waals surface area contributed by atoms with E-state index >= 15 is 0 Å². The average molecular weight is 250 g/mol. The van der Waals surface area contributed by atoms with Crippen molar-refractivity contribution < 1.29 is 9.53 Å². The molecule has 0 unspecified atom stereocenters. The predicted octanol–water partition coefficient (Wildman–Crippen LogP) is 2.67. The van der Waals surface area contributed by atoms with Crippen molar-refractivity contribution in [1.82, 2.24) is 4.98 Å². The maximum Gasteiger partial charge on any atom is 0.338 e. The smallest absolute Gasteiger partial charge is 0.338 e. The fourth-order valence-corrected chi connectivity index (χ4v) is 1.67. The highest BCUT2D eigenvalue weighted by Crippen LogP contribution is 2.06. The van der Waals surface area contributed by atoms with Crippen molar-refractivity contribution in [2.45, 2.75) is 45.6 Å². The molecule has 1 aromatic heterocycles. The highest BCUT2D eigenvalue weighted by molar-refractivity contribution is 5.89. The summed E-state index contributed by atoms with van der Waals surface area (Å²) in [6.45, 7) is 3.00. The van der Waals surface area contributed by atoms with Crippen molar-refractivity contribution in [2.24, 2.45) is 5.73 Å². The number of carbonyl (C=O) groups excluding carboxylic acids is 1. The first-order valence-corrected chi connectivity index (χ1v) is 6.60. The molecular formula is C14H22N2O2. The van der Waals surface area contributed by atoms with Crippen LogP contribution in [0, 0.1) is 0 Å². The molecule has 0 saturated heterocycles. The number of rotatable bonds is 8. The lowest BCUT2D eigenvalue weighted by Crippen LogP contribution is -2.08. The number of nitrogens with two attached hydrogens (primary N) is 1. The van der Waals surface area contributed by atoms with Crippen molar-refractivity contribution in [3.8, 4) is 0 Å². The molecule has 2 N–H and O–H groups in total. The summed E-state index contributed by atoms with van der Waals surface area (Å²) in [6, 6.07) is 3.33. The van der Waals surface area contributed by atoms with Gasteiger partial charge >= 0.3 is 5.97 Å². The van der Waals surface area contributed by atoms with E-state index in [4.69, 9.17) is 10.5 Å². The second-order valence-electron chi connectivity index (χ2n) is 4.29. The highest BCUT2D eigenvalue weighted by Gasteiger charge is 2.07. The fourth-order valence-electron chi connectivity index (χ4n) is 1.67. The Bertz CT molecular complexity index is 367. The van der Waals surface area contributed by atoms with Crippen LogP contribution in [0.2, 0.25) is 0 Å². The normalized spacial score (nSPS) is 10.3. The number of aromatic nitrogens is 1. The Kier molecular flexibility index (Phi) is 7.03. The number of ether oxygens (including phenoxy) is 1. The second-order valence-corrected chi connectivity index (χ2v) is 4.29. The molecule has 0 amide bonds. The van der Waals surface area contributed by atoms with Crippen LogP contribution < -0.4 is 5.73 Å². The number of nitrogens with zero attached hydrogens (tertiary/aromatic N) is 1. The van der Waals surface area contributed by atoms with Crippen molar-refractivity contribution in [1.29, 1.82) is 0 Å². The molecule has 0 bridgehead atoms. The lowest BCUT2D eigenvalue weighted by Gasteiger charge is -2.05. The first-order chi connectivity index (χ1) is 8.77. The lowest BCUT2D eigenvalue weighted by molar-refractivity contribution is 0.0497. The van der Waals surface area contributed by atoms with Crippen LogP contribution in [0.25, 0.3) is 0 Å². The Hall–Kier alpha value is -1.42. The molecule has 0 fully saturated rings. The van der Waals surface area contributed by atoms with Crippen molar-refractivity contribution >= 4 is 5.97 Å². The molecule has 1 heterocycles. The summed E-state index contributed by atoms with van der Waals surface area (Å²) >= 11 is 0. The zero-order valence-electron chi connectivity index (χ0n) is 11.0. The van der Waals surface area contributed by atoms with Gasteiger partial charge in [-0.05, 0) is 18.6 Å². The molecule has 4 nitrogen and oxygen atoms in total. The van der Waals surface area contributed by atoms with Gasteiger partial charge in [-0.15, -0.1) is 0 Å². The maximum absolute atomic E-state index is 11.7. The van der Waals surface area contributed by atoms with E-state index in [0.717, 1.165) is 12.8 Å². The quantitative estimate of drug-likeness (QED) is 0.569. The molecule has 1 rings (SSSR count). The van der Waals surface area contributed by atoms with Gasteiger partial charge in [-0.3, -0.25) is 4.98 Å². The molecule has 0 spiro atoms. The minimum absolute atomic E-state index is 0.289. The molecule has 0 aliphatic heterocycles. The number of esters is 1. The van der Waals surface area contributed by atoms with Gasteiger partial charge in [0.25, 0.3) is 0 Å². The third-order valence-electron chi connectivity index (χ3n) is 2.74. The van der Waals surface area contributed by atoms with E-state index in [2.05, 4.69) is 11.9 Å². The molecule has 0 saturated carbocycles.